The first-order chi connectivity index (χ1) is 21.0. The fourth-order valence-electron chi connectivity index (χ4n) is 5.55. The van der Waals surface area contributed by atoms with Gasteiger partial charge in [-0.15, -0.1) is 0 Å². The van der Waals surface area contributed by atoms with Crippen LogP contribution >= 0.6 is 11.6 Å². The van der Waals surface area contributed by atoms with Crippen molar-refractivity contribution in [1.29, 1.82) is 0 Å². The molecule has 1 saturated heterocycles. The quantitative estimate of drug-likeness (QED) is 0.226. The topological polar surface area (TPSA) is 89.4 Å². The van der Waals surface area contributed by atoms with E-state index in [2.05, 4.69) is 9.88 Å². The summed E-state index contributed by atoms with van der Waals surface area (Å²) in [5.74, 6) is -1.10. The van der Waals surface area contributed by atoms with Gasteiger partial charge in [0.15, 0.2) is 0 Å². The summed E-state index contributed by atoms with van der Waals surface area (Å²) in [6.45, 7) is 2.96. The molecule has 1 aliphatic rings. The number of benzene rings is 2. The molecule has 1 aliphatic heterocycles. The van der Waals surface area contributed by atoms with E-state index >= 15 is 0 Å². The minimum absolute atomic E-state index is 0.143. The lowest BCUT2D eigenvalue weighted by atomic mass is 10.1. The van der Waals surface area contributed by atoms with Gasteiger partial charge in [0, 0.05) is 61.8 Å². The number of hydrogen-bond acceptors (Lipinski definition) is 6. The highest BCUT2D eigenvalue weighted by molar-refractivity contribution is 6.30. The van der Waals surface area contributed by atoms with Gasteiger partial charge < -0.3 is 10.6 Å². The molecule has 0 radical (unpaired) electrons. The number of halogens is 5. The van der Waals surface area contributed by atoms with Crippen molar-refractivity contribution in [3.63, 3.8) is 0 Å². The van der Waals surface area contributed by atoms with E-state index in [0.717, 1.165) is 32.9 Å². The Morgan fingerprint density at radius 2 is 1.64 bits per heavy atom. The molecule has 0 aliphatic carbocycles. The highest BCUT2D eigenvalue weighted by Gasteiger charge is 2.35. The fraction of sp³-hybridized carbons (Fsp3) is 0.323. The fourth-order valence-corrected chi connectivity index (χ4v) is 5.73. The molecule has 3 heterocycles. The zero-order chi connectivity index (χ0) is 31.6. The van der Waals surface area contributed by atoms with Crippen LogP contribution in [0.2, 0.25) is 5.15 Å². The molecule has 0 saturated carbocycles. The standard InChI is InChI=1S/C31H31ClF4N6O2/c1-20-27(40-15-13-39(14-16-40)17-22-9-6-12-38-28(22)32)29(43)42(19-26(37)21-7-3-2-4-8-21)30(44)41(20)18-23-24(31(34,35)36)10-5-11-25(23)33/h2-12,26H,13-19,37H2,1H3/t26-/m0/s1. The molecular weight excluding hydrogens is 600 g/mol. The first kappa shape index (κ1) is 31.4. The molecule has 44 heavy (non-hydrogen) atoms. The summed E-state index contributed by atoms with van der Waals surface area (Å²) >= 11 is 6.23. The van der Waals surface area contributed by atoms with Gasteiger partial charge >= 0.3 is 11.9 Å². The maximum Gasteiger partial charge on any atom is 0.416 e. The van der Waals surface area contributed by atoms with E-state index in [1.54, 1.807) is 42.6 Å². The second kappa shape index (κ2) is 12.9. The molecule has 13 heteroatoms. The van der Waals surface area contributed by atoms with Gasteiger partial charge in [-0.05, 0) is 30.7 Å². The number of anilines is 1. The second-order valence-corrected chi connectivity index (χ2v) is 11.1. The number of rotatable bonds is 8. The number of aromatic nitrogens is 3. The minimum Gasteiger partial charge on any atom is -0.363 e. The number of piperazine rings is 1. The summed E-state index contributed by atoms with van der Waals surface area (Å²) in [6.07, 6.45) is -3.25. The van der Waals surface area contributed by atoms with Crippen molar-refractivity contribution in [1.82, 2.24) is 19.0 Å². The zero-order valence-electron chi connectivity index (χ0n) is 23.9. The summed E-state index contributed by atoms with van der Waals surface area (Å²) in [6, 6.07) is 14.4. The predicted octanol–water partition coefficient (Wildman–Crippen LogP) is 4.60. The molecule has 8 nitrogen and oxygen atoms in total. The second-order valence-electron chi connectivity index (χ2n) is 10.7. The number of hydrogen-bond donors (Lipinski definition) is 1. The van der Waals surface area contributed by atoms with E-state index in [0.29, 0.717) is 43.4 Å². The highest BCUT2D eigenvalue weighted by Crippen LogP contribution is 2.33. The Morgan fingerprint density at radius 3 is 2.30 bits per heavy atom. The summed E-state index contributed by atoms with van der Waals surface area (Å²) in [5.41, 5.74) is 4.87. The van der Waals surface area contributed by atoms with Crippen LogP contribution in [0.4, 0.5) is 23.2 Å². The summed E-state index contributed by atoms with van der Waals surface area (Å²) in [5, 5.41) is 0.405. The van der Waals surface area contributed by atoms with Gasteiger partial charge in [0.1, 0.15) is 16.7 Å². The molecule has 0 spiro atoms. The van der Waals surface area contributed by atoms with Gasteiger partial charge in [-0.25, -0.2) is 14.2 Å². The van der Waals surface area contributed by atoms with E-state index in [9.17, 15) is 27.2 Å². The van der Waals surface area contributed by atoms with Crippen molar-refractivity contribution in [3.05, 3.63) is 127 Å². The molecule has 0 unspecified atom stereocenters. The molecule has 5 rings (SSSR count). The molecule has 1 fully saturated rings. The van der Waals surface area contributed by atoms with Crippen LogP contribution in [-0.4, -0.2) is 45.2 Å². The van der Waals surface area contributed by atoms with E-state index in [1.165, 1.54) is 6.92 Å². The first-order valence-corrected chi connectivity index (χ1v) is 14.4. The third-order valence-corrected chi connectivity index (χ3v) is 8.26. The SMILES string of the molecule is Cc1c(N2CCN(Cc3cccnc3Cl)CC2)c(=O)n(C[C@H](N)c2ccccc2)c(=O)n1Cc1c(F)cccc1C(F)(F)F. The van der Waals surface area contributed by atoms with Gasteiger partial charge in [0.05, 0.1) is 18.7 Å². The van der Waals surface area contributed by atoms with Crippen molar-refractivity contribution in [2.45, 2.75) is 38.8 Å². The van der Waals surface area contributed by atoms with Crippen LogP contribution in [0, 0.1) is 12.7 Å². The van der Waals surface area contributed by atoms with Crippen LogP contribution in [0.15, 0.2) is 76.4 Å². The Balaban J connectivity index is 1.54. The van der Waals surface area contributed by atoms with E-state index in [4.69, 9.17) is 17.3 Å². The number of pyridine rings is 1. The average Bonchev–Trinajstić information content (AvgIpc) is 3.00. The highest BCUT2D eigenvalue weighted by atomic mass is 35.5. The number of nitrogens with two attached hydrogens (primary N) is 1. The van der Waals surface area contributed by atoms with Gasteiger partial charge in [-0.1, -0.05) is 54.1 Å². The molecule has 1 atom stereocenters. The van der Waals surface area contributed by atoms with Crippen LogP contribution < -0.4 is 21.9 Å². The van der Waals surface area contributed by atoms with Gasteiger partial charge in [-0.2, -0.15) is 13.2 Å². The third-order valence-electron chi connectivity index (χ3n) is 7.92. The zero-order valence-corrected chi connectivity index (χ0v) is 24.7. The Bertz CT molecular complexity index is 1750. The third kappa shape index (κ3) is 6.57. The van der Waals surface area contributed by atoms with Crippen LogP contribution in [0.1, 0.15) is 34.0 Å². The number of alkyl halides is 3. The molecule has 2 aromatic carbocycles. The van der Waals surface area contributed by atoms with Crippen LogP contribution in [0.25, 0.3) is 0 Å². The molecule has 2 N–H and O–H groups in total. The van der Waals surface area contributed by atoms with Crippen molar-refractivity contribution in [3.8, 4) is 0 Å². The Hall–Kier alpha value is -4.00. The van der Waals surface area contributed by atoms with E-state index in [1.807, 2.05) is 11.0 Å². The van der Waals surface area contributed by atoms with Gasteiger partial charge in [0.2, 0.25) is 0 Å². The maximum atomic E-state index is 14.9. The number of nitrogens with zero attached hydrogens (tertiary/aromatic N) is 5. The van der Waals surface area contributed by atoms with E-state index in [-0.39, 0.29) is 17.9 Å². The van der Waals surface area contributed by atoms with Crippen molar-refractivity contribution in [2.24, 2.45) is 5.73 Å². The smallest absolute Gasteiger partial charge is 0.363 e. The van der Waals surface area contributed by atoms with Crippen LogP contribution in [0.5, 0.6) is 0 Å². The lowest BCUT2D eigenvalue weighted by molar-refractivity contribution is -0.138. The lowest BCUT2D eigenvalue weighted by Crippen LogP contribution is -2.51. The van der Waals surface area contributed by atoms with E-state index < -0.39 is 47.0 Å². The Morgan fingerprint density at radius 1 is 0.932 bits per heavy atom. The van der Waals surface area contributed by atoms with Crippen LogP contribution in [0.3, 0.4) is 0 Å². The minimum atomic E-state index is -4.85. The average molecular weight is 631 g/mol. The molecule has 4 aromatic rings. The van der Waals surface area contributed by atoms with Gasteiger partial charge in [-0.3, -0.25) is 18.8 Å². The Labute approximate surface area is 255 Å². The summed E-state index contributed by atoms with van der Waals surface area (Å²) < 4.78 is 58.5. The lowest BCUT2D eigenvalue weighted by Gasteiger charge is -2.37. The Kier molecular flexibility index (Phi) is 9.23. The molecule has 0 bridgehead atoms. The first-order valence-electron chi connectivity index (χ1n) is 14.0. The molecule has 2 aromatic heterocycles. The van der Waals surface area contributed by atoms with Crippen molar-refractivity contribution < 1.29 is 17.6 Å². The largest absolute Gasteiger partial charge is 0.416 e. The maximum absolute atomic E-state index is 14.9. The van der Waals surface area contributed by atoms with Crippen molar-refractivity contribution >= 4 is 17.3 Å². The predicted molar refractivity (Wildman–Crippen MR) is 160 cm³/mol. The molecule has 232 valence electrons. The van der Waals surface area contributed by atoms with Gasteiger partial charge in [0.25, 0.3) is 5.56 Å². The normalized spacial score (nSPS) is 15.0. The molecule has 0 amide bonds. The molecular formula is C31H31ClF4N6O2. The summed E-state index contributed by atoms with van der Waals surface area (Å²) in [4.78, 5) is 35.8. The summed E-state index contributed by atoms with van der Waals surface area (Å²) in [7, 11) is 0. The monoisotopic (exact) mass is 630 g/mol. The van der Waals surface area contributed by atoms with Crippen molar-refractivity contribution in [2.75, 3.05) is 31.1 Å². The van der Waals surface area contributed by atoms with Crippen LogP contribution in [-0.2, 0) is 25.8 Å².